The minimum Gasteiger partial charge on any atom is -0.478 e. The van der Waals surface area contributed by atoms with Gasteiger partial charge in [0, 0.05) is 17.8 Å². The molecule has 2 aromatic heterocycles. The van der Waals surface area contributed by atoms with Gasteiger partial charge >= 0.3 is 5.97 Å². The van der Waals surface area contributed by atoms with Crippen LogP contribution in [0.3, 0.4) is 0 Å². The third-order valence-corrected chi connectivity index (χ3v) is 2.30. The third kappa shape index (κ3) is 2.42. The van der Waals surface area contributed by atoms with Crippen molar-refractivity contribution in [2.75, 3.05) is 0 Å². The SMILES string of the molecule is Cc1nc(C)n(-c2ncccc2/C=C/C(=O)O)n1. The summed E-state index contributed by atoms with van der Waals surface area (Å²) in [4.78, 5) is 19.0. The van der Waals surface area contributed by atoms with Crippen LogP contribution in [0.2, 0.25) is 0 Å². The molecule has 0 aromatic carbocycles. The Bertz CT molecular complexity index is 616. The summed E-state index contributed by atoms with van der Waals surface area (Å²) in [5.74, 6) is 0.909. The van der Waals surface area contributed by atoms with Crippen molar-refractivity contribution in [3.8, 4) is 5.82 Å². The number of carboxylic acids is 1. The largest absolute Gasteiger partial charge is 0.478 e. The summed E-state index contributed by atoms with van der Waals surface area (Å²) >= 11 is 0. The lowest BCUT2D eigenvalue weighted by Crippen LogP contribution is -2.04. The van der Waals surface area contributed by atoms with Crippen LogP contribution in [0.25, 0.3) is 11.9 Å². The molecule has 6 heteroatoms. The van der Waals surface area contributed by atoms with E-state index in [2.05, 4.69) is 15.1 Å². The van der Waals surface area contributed by atoms with Crippen molar-refractivity contribution in [2.45, 2.75) is 13.8 Å². The first-order chi connectivity index (χ1) is 8.58. The number of aryl methyl sites for hydroxylation is 2. The van der Waals surface area contributed by atoms with Crippen LogP contribution in [0.15, 0.2) is 24.4 Å². The molecule has 0 fully saturated rings. The van der Waals surface area contributed by atoms with Gasteiger partial charge in [-0.25, -0.2) is 14.8 Å². The maximum Gasteiger partial charge on any atom is 0.328 e. The van der Waals surface area contributed by atoms with Gasteiger partial charge in [0.05, 0.1) is 0 Å². The second-order valence-corrected chi connectivity index (χ2v) is 3.71. The van der Waals surface area contributed by atoms with Gasteiger partial charge in [-0.2, -0.15) is 4.68 Å². The first kappa shape index (κ1) is 12.0. The van der Waals surface area contributed by atoms with Gasteiger partial charge in [-0.05, 0) is 32.1 Å². The lowest BCUT2D eigenvalue weighted by atomic mass is 10.2. The molecule has 0 saturated heterocycles. The van der Waals surface area contributed by atoms with E-state index in [1.807, 2.05) is 6.92 Å². The van der Waals surface area contributed by atoms with Crippen molar-refractivity contribution in [2.24, 2.45) is 0 Å². The fraction of sp³-hybridized carbons (Fsp3) is 0.167. The zero-order valence-electron chi connectivity index (χ0n) is 10.0. The fourth-order valence-electron chi connectivity index (χ4n) is 1.60. The highest BCUT2D eigenvalue weighted by Gasteiger charge is 2.09. The second-order valence-electron chi connectivity index (χ2n) is 3.71. The monoisotopic (exact) mass is 244 g/mol. The van der Waals surface area contributed by atoms with Gasteiger partial charge in [-0.15, -0.1) is 5.10 Å². The number of carboxylic acid groups (broad SMARTS) is 1. The zero-order valence-corrected chi connectivity index (χ0v) is 10.0. The Morgan fingerprint density at radius 3 is 2.83 bits per heavy atom. The van der Waals surface area contributed by atoms with Gasteiger partial charge in [0.2, 0.25) is 0 Å². The van der Waals surface area contributed by atoms with Crippen molar-refractivity contribution >= 4 is 12.0 Å². The first-order valence-corrected chi connectivity index (χ1v) is 5.34. The van der Waals surface area contributed by atoms with Crippen LogP contribution in [0, 0.1) is 13.8 Å². The Morgan fingerprint density at radius 2 is 2.22 bits per heavy atom. The van der Waals surface area contributed by atoms with Gasteiger partial charge in [0.15, 0.2) is 5.82 Å². The first-order valence-electron chi connectivity index (χ1n) is 5.34. The molecule has 0 spiro atoms. The van der Waals surface area contributed by atoms with E-state index < -0.39 is 5.97 Å². The van der Waals surface area contributed by atoms with E-state index in [1.54, 1.807) is 29.9 Å². The molecule has 2 rings (SSSR count). The summed E-state index contributed by atoms with van der Waals surface area (Å²) in [6.45, 7) is 3.61. The average molecular weight is 244 g/mol. The Kier molecular flexibility index (Phi) is 3.18. The molecule has 0 aliphatic heterocycles. The smallest absolute Gasteiger partial charge is 0.328 e. The summed E-state index contributed by atoms with van der Waals surface area (Å²) < 4.78 is 1.59. The minimum absolute atomic E-state index is 0.563. The molecule has 0 saturated carbocycles. The molecule has 0 aliphatic carbocycles. The summed E-state index contributed by atoms with van der Waals surface area (Å²) in [7, 11) is 0. The molecule has 0 bridgehead atoms. The summed E-state index contributed by atoms with van der Waals surface area (Å²) in [6, 6.07) is 3.52. The van der Waals surface area contributed by atoms with E-state index >= 15 is 0 Å². The van der Waals surface area contributed by atoms with Gasteiger partial charge in [-0.3, -0.25) is 0 Å². The normalized spacial score (nSPS) is 11.0. The molecule has 1 N–H and O–H groups in total. The van der Waals surface area contributed by atoms with Crippen LogP contribution in [-0.4, -0.2) is 30.8 Å². The Labute approximate surface area is 104 Å². The van der Waals surface area contributed by atoms with Crippen LogP contribution < -0.4 is 0 Å². The third-order valence-electron chi connectivity index (χ3n) is 2.30. The van der Waals surface area contributed by atoms with Crippen molar-refractivity contribution in [3.05, 3.63) is 41.6 Å². The quantitative estimate of drug-likeness (QED) is 0.825. The summed E-state index contributed by atoms with van der Waals surface area (Å²) in [6.07, 6.45) is 4.19. The lowest BCUT2D eigenvalue weighted by molar-refractivity contribution is -0.131. The molecule has 0 aliphatic rings. The van der Waals surface area contributed by atoms with Gasteiger partial charge in [0.25, 0.3) is 0 Å². The van der Waals surface area contributed by atoms with Gasteiger partial charge < -0.3 is 5.11 Å². The number of rotatable bonds is 3. The van der Waals surface area contributed by atoms with Crippen molar-refractivity contribution in [3.63, 3.8) is 0 Å². The second kappa shape index (κ2) is 4.79. The lowest BCUT2D eigenvalue weighted by Gasteiger charge is -2.05. The van der Waals surface area contributed by atoms with Crippen LogP contribution in [0.4, 0.5) is 0 Å². The molecule has 0 radical (unpaired) electrons. The summed E-state index contributed by atoms with van der Waals surface area (Å²) in [5, 5.41) is 12.9. The van der Waals surface area contributed by atoms with Gasteiger partial charge in [-0.1, -0.05) is 0 Å². The van der Waals surface area contributed by atoms with E-state index in [0.29, 0.717) is 23.0 Å². The van der Waals surface area contributed by atoms with Crippen LogP contribution >= 0.6 is 0 Å². The molecule has 6 nitrogen and oxygen atoms in total. The number of hydrogen-bond acceptors (Lipinski definition) is 4. The van der Waals surface area contributed by atoms with E-state index in [9.17, 15) is 4.79 Å². The van der Waals surface area contributed by atoms with Crippen molar-refractivity contribution < 1.29 is 9.90 Å². The predicted molar refractivity (Wildman–Crippen MR) is 65.3 cm³/mol. The zero-order chi connectivity index (χ0) is 13.1. The van der Waals surface area contributed by atoms with Crippen LogP contribution in [0.5, 0.6) is 0 Å². The highest BCUT2D eigenvalue weighted by Crippen LogP contribution is 2.14. The summed E-state index contributed by atoms with van der Waals surface area (Å²) in [5.41, 5.74) is 0.674. The fourth-order valence-corrected chi connectivity index (χ4v) is 1.60. The maximum absolute atomic E-state index is 10.5. The number of nitrogens with zero attached hydrogens (tertiary/aromatic N) is 4. The number of hydrogen-bond donors (Lipinski definition) is 1. The topological polar surface area (TPSA) is 80.9 Å². The number of carbonyl (C=O) groups is 1. The Hall–Kier alpha value is -2.50. The predicted octanol–water partition coefficient (Wildman–Crippen LogP) is 1.38. The molecule has 2 heterocycles. The van der Waals surface area contributed by atoms with E-state index in [4.69, 9.17) is 5.11 Å². The number of pyridine rings is 1. The van der Waals surface area contributed by atoms with E-state index in [0.717, 1.165) is 6.08 Å². The molecule has 0 unspecified atom stereocenters. The maximum atomic E-state index is 10.5. The highest BCUT2D eigenvalue weighted by molar-refractivity contribution is 5.85. The molecule has 2 aromatic rings. The Balaban J connectivity index is 2.51. The molecule has 0 amide bonds. The number of aromatic nitrogens is 4. The molecule has 0 atom stereocenters. The van der Waals surface area contributed by atoms with E-state index in [-0.39, 0.29) is 0 Å². The average Bonchev–Trinajstić information content (AvgIpc) is 2.66. The Morgan fingerprint density at radius 1 is 1.44 bits per heavy atom. The molecular formula is C12H12N4O2. The van der Waals surface area contributed by atoms with Crippen LogP contribution in [0.1, 0.15) is 17.2 Å². The van der Waals surface area contributed by atoms with Crippen molar-refractivity contribution in [1.82, 2.24) is 19.7 Å². The number of aliphatic carboxylic acids is 1. The van der Waals surface area contributed by atoms with Gasteiger partial charge in [0.1, 0.15) is 11.6 Å². The van der Waals surface area contributed by atoms with E-state index in [1.165, 1.54) is 6.08 Å². The van der Waals surface area contributed by atoms with Crippen molar-refractivity contribution in [1.29, 1.82) is 0 Å². The molecule has 92 valence electrons. The highest BCUT2D eigenvalue weighted by atomic mass is 16.4. The van der Waals surface area contributed by atoms with Crippen LogP contribution in [-0.2, 0) is 4.79 Å². The standard InChI is InChI=1S/C12H12N4O2/c1-8-14-9(2)16(15-8)12-10(4-3-7-13-12)5-6-11(17)18/h3-7H,1-2H3,(H,17,18)/b6-5+. The molecular weight excluding hydrogens is 232 g/mol. The molecule has 18 heavy (non-hydrogen) atoms. The minimum atomic E-state index is -1.00.